The second-order valence-electron chi connectivity index (χ2n) is 3.33. The monoisotopic (exact) mass is 227 g/mol. The van der Waals surface area contributed by atoms with Crippen LogP contribution < -0.4 is 0 Å². The van der Waals surface area contributed by atoms with E-state index >= 15 is 0 Å². The molecular formula is C12H9N3S. The lowest BCUT2D eigenvalue weighted by atomic mass is 10.2. The van der Waals surface area contributed by atoms with Crippen molar-refractivity contribution in [1.29, 1.82) is 0 Å². The van der Waals surface area contributed by atoms with Gasteiger partial charge in [0, 0.05) is 34.4 Å². The van der Waals surface area contributed by atoms with E-state index in [-0.39, 0.29) is 0 Å². The molecule has 1 N–H and O–H groups in total. The fourth-order valence-corrected chi connectivity index (χ4v) is 2.40. The van der Waals surface area contributed by atoms with Crippen molar-refractivity contribution in [1.82, 2.24) is 15.0 Å². The Hall–Kier alpha value is -1.81. The Bertz CT molecular complexity index is 604. The van der Waals surface area contributed by atoms with Crippen LogP contribution in [0.1, 0.15) is 0 Å². The molecule has 0 aliphatic heterocycles. The van der Waals surface area contributed by atoms with Gasteiger partial charge in [0.2, 0.25) is 0 Å². The molecule has 1 aromatic carbocycles. The summed E-state index contributed by atoms with van der Waals surface area (Å²) in [6.45, 7) is 0. The third-order valence-electron chi connectivity index (χ3n) is 2.29. The number of benzene rings is 1. The van der Waals surface area contributed by atoms with E-state index in [0.29, 0.717) is 0 Å². The quantitative estimate of drug-likeness (QED) is 0.684. The molecule has 4 heteroatoms. The van der Waals surface area contributed by atoms with E-state index in [4.69, 9.17) is 0 Å². The van der Waals surface area contributed by atoms with Crippen LogP contribution in [0, 0.1) is 0 Å². The lowest BCUT2D eigenvalue weighted by molar-refractivity contribution is 0.967. The summed E-state index contributed by atoms with van der Waals surface area (Å²) in [6, 6.07) is 10.0. The number of H-pyrrole nitrogens is 1. The molecule has 0 saturated heterocycles. The first-order valence-corrected chi connectivity index (χ1v) is 5.76. The summed E-state index contributed by atoms with van der Waals surface area (Å²) < 4.78 is 0. The largest absolute Gasteiger partial charge is 0.360 e. The summed E-state index contributed by atoms with van der Waals surface area (Å²) in [4.78, 5) is 12.8. The van der Waals surface area contributed by atoms with Gasteiger partial charge in [0.25, 0.3) is 0 Å². The standard InChI is InChI=1S/C12H9N3S/c1-2-5-10-9(4-1)11(8-15-10)16-12-13-6-3-7-14-12/h1-8,15H. The smallest absolute Gasteiger partial charge is 0.192 e. The molecule has 0 unspecified atom stereocenters. The lowest BCUT2D eigenvalue weighted by Crippen LogP contribution is -1.81. The second-order valence-corrected chi connectivity index (χ2v) is 4.34. The van der Waals surface area contributed by atoms with Crippen molar-refractivity contribution in [3.63, 3.8) is 0 Å². The number of aromatic nitrogens is 3. The number of aromatic amines is 1. The Morgan fingerprint density at radius 1 is 1.00 bits per heavy atom. The number of fused-ring (bicyclic) bond motifs is 1. The zero-order chi connectivity index (χ0) is 10.8. The van der Waals surface area contributed by atoms with E-state index in [1.54, 1.807) is 24.2 Å². The van der Waals surface area contributed by atoms with Gasteiger partial charge in [0.05, 0.1) is 0 Å². The molecule has 0 aliphatic carbocycles. The molecule has 0 amide bonds. The zero-order valence-electron chi connectivity index (χ0n) is 8.42. The molecular weight excluding hydrogens is 218 g/mol. The van der Waals surface area contributed by atoms with Crippen LogP contribution in [0.25, 0.3) is 10.9 Å². The minimum Gasteiger partial charge on any atom is -0.360 e. The highest BCUT2D eigenvalue weighted by Gasteiger charge is 2.05. The molecule has 0 fully saturated rings. The van der Waals surface area contributed by atoms with Crippen molar-refractivity contribution in [2.75, 3.05) is 0 Å². The van der Waals surface area contributed by atoms with Gasteiger partial charge < -0.3 is 4.98 Å². The van der Waals surface area contributed by atoms with E-state index in [9.17, 15) is 0 Å². The summed E-state index contributed by atoms with van der Waals surface area (Å²) >= 11 is 1.57. The molecule has 16 heavy (non-hydrogen) atoms. The number of rotatable bonds is 2. The van der Waals surface area contributed by atoms with Crippen LogP contribution in [0.4, 0.5) is 0 Å². The number of hydrogen-bond acceptors (Lipinski definition) is 3. The average Bonchev–Trinajstić information content (AvgIpc) is 2.74. The van der Waals surface area contributed by atoms with Gasteiger partial charge in [-0.2, -0.15) is 0 Å². The predicted octanol–water partition coefficient (Wildman–Crippen LogP) is 3.11. The van der Waals surface area contributed by atoms with Gasteiger partial charge in [-0.05, 0) is 23.9 Å². The Morgan fingerprint density at radius 2 is 1.81 bits per heavy atom. The fourth-order valence-electron chi connectivity index (χ4n) is 1.57. The first-order valence-electron chi connectivity index (χ1n) is 4.94. The van der Waals surface area contributed by atoms with Crippen LogP contribution in [-0.2, 0) is 0 Å². The van der Waals surface area contributed by atoms with E-state index in [2.05, 4.69) is 27.1 Å². The van der Waals surface area contributed by atoms with E-state index < -0.39 is 0 Å². The normalized spacial score (nSPS) is 10.8. The Kier molecular flexibility index (Phi) is 2.34. The maximum Gasteiger partial charge on any atom is 0.192 e. The van der Waals surface area contributed by atoms with Crippen molar-refractivity contribution in [3.8, 4) is 0 Å². The summed E-state index contributed by atoms with van der Waals surface area (Å²) in [7, 11) is 0. The maximum absolute atomic E-state index is 4.20. The van der Waals surface area contributed by atoms with Gasteiger partial charge in [-0.1, -0.05) is 18.2 Å². The zero-order valence-corrected chi connectivity index (χ0v) is 9.24. The Balaban J connectivity index is 2.01. The SMILES string of the molecule is c1cnc(Sc2c[nH]c3ccccc23)nc1. The lowest BCUT2D eigenvalue weighted by Gasteiger charge is -1.96. The molecule has 78 valence electrons. The number of nitrogens with one attached hydrogen (secondary N) is 1. The van der Waals surface area contributed by atoms with Crippen molar-refractivity contribution in [2.24, 2.45) is 0 Å². The Morgan fingerprint density at radius 3 is 2.69 bits per heavy atom. The van der Waals surface area contributed by atoms with E-state index in [1.165, 1.54) is 5.39 Å². The molecule has 0 bridgehead atoms. The van der Waals surface area contributed by atoms with Crippen LogP contribution in [0.3, 0.4) is 0 Å². The highest BCUT2D eigenvalue weighted by molar-refractivity contribution is 7.99. The molecule has 0 radical (unpaired) electrons. The topological polar surface area (TPSA) is 41.6 Å². The molecule has 0 spiro atoms. The first-order chi connectivity index (χ1) is 7.93. The molecule has 0 aliphatic rings. The van der Waals surface area contributed by atoms with Gasteiger partial charge in [0.1, 0.15) is 0 Å². The molecule has 2 heterocycles. The highest BCUT2D eigenvalue weighted by atomic mass is 32.2. The Labute approximate surface area is 96.9 Å². The van der Waals surface area contributed by atoms with Crippen molar-refractivity contribution < 1.29 is 0 Å². The van der Waals surface area contributed by atoms with Crippen LogP contribution in [0.15, 0.2) is 59.0 Å². The van der Waals surface area contributed by atoms with Gasteiger partial charge in [-0.3, -0.25) is 0 Å². The van der Waals surface area contributed by atoms with E-state index in [1.807, 2.05) is 24.4 Å². The third-order valence-corrected chi connectivity index (χ3v) is 3.25. The molecule has 3 aromatic rings. The van der Waals surface area contributed by atoms with Crippen molar-refractivity contribution in [3.05, 3.63) is 48.9 Å². The summed E-state index contributed by atoms with van der Waals surface area (Å²) in [5.74, 6) is 0. The molecule has 3 nitrogen and oxygen atoms in total. The minimum atomic E-state index is 0.771. The van der Waals surface area contributed by atoms with Crippen LogP contribution in [0.5, 0.6) is 0 Å². The maximum atomic E-state index is 4.20. The van der Waals surface area contributed by atoms with Gasteiger partial charge in [-0.15, -0.1) is 0 Å². The van der Waals surface area contributed by atoms with Crippen LogP contribution >= 0.6 is 11.8 Å². The highest BCUT2D eigenvalue weighted by Crippen LogP contribution is 2.30. The number of para-hydroxylation sites is 1. The first kappa shape index (κ1) is 9.42. The minimum absolute atomic E-state index is 0.771. The molecule has 0 atom stereocenters. The summed E-state index contributed by atoms with van der Waals surface area (Å²) in [5, 5.41) is 1.98. The van der Waals surface area contributed by atoms with E-state index in [0.717, 1.165) is 15.6 Å². The fraction of sp³-hybridized carbons (Fsp3) is 0. The second kappa shape index (κ2) is 3.98. The number of nitrogens with zero attached hydrogens (tertiary/aromatic N) is 2. The van der Waals surface area contributed by atoms with Gasteiger partial charge >= 0.3 is 0 Å². The average molecular weight is 227 g/mol. The van der Waals surface area contributed by atoms with Crippen molar-refractivity contribution >= 4 is 22.7 Å². The molecule has 3 rings (SSSR count). The van der Waals surface area contributed by atoms with Crippen LogP contribution in [-0.4, -0.2) is 15.0 Å². The summed E-state index contributed by atoms with van der Waals surface area (Å²) in [5.41, 5.74) is 1.14. The van der Waals surface area contributed by atoms with Crippen molar-refractivity contribution in [2.45, 2.75) is 10.1 Å². The number of hydrogen-bond donors (Lipinski definition) is 1. The van der Waals surface area contributed by atoms with Gasteiger partial charge in [0.15, 0.2) is 5.16 Å². The predicted molar refractivity (Wildman–Crippen MR) is 64.5 cm³/mol. The van der Waals surface area contributed by atoms with Crippen LogP contribution in [0.2, 0.25) is 0 Å². The van der Waals surface area contributed by atoms with Gasteiger partial charge in [-0.25, -0.2) is 9.97 Å². The molecule has 2 aromatic heterocycles. The summed E-state index contributed by atoms with van der Waals surface area (Å²) in [6.07, 6.45) is 5.50. The third kappa shape index (κ3) is 1.67. The molecule has 0 saturated carbocycles.